The summed E-state index contributed by atoms with van der Waals surface area (Å²) in [6.45, 7) is 2.43. The van der Waals surface area contributed by atoms with Gasteiger partial charge in [-0.2, -0.15) is 0 Å². The summed E-state index contributed by atoms with van der Waals surface area (Å²) < 4.78 is 26.7. The SMILES string of the molecule is COc1ccc(CCC(C)NCCS(N)(=O)=O)cc1. The first-order chi connectivity index (χ1) is 8.90. The highest BCUT2D eigenvalue weighted by Gasteiger charge is 2.05. The second-order valence-corrected chi connectivity index (χ2v) is 6.34. The Morgan fingerprint density at radius 2 is 1.95 bits per heavy atom. The molecule has 0 aromatic heterocycles. The molecule has 1 rings (SSSR count). The van der Waals surface area contributed by atoms with Gasteiger partial charge in [-0.25, -0.2) is 13.6 Å². The number of ether oxygens (including phenoxy) is 1. The van der Waals surface area contributed by atoms with E-state index in [9.17, 15) is 8.42 Å². The van der Waals surface area contributed by atoms with Gasteiger partial charge in [-0.05, 0) is 37.5 Å². The number of hydrogen-bond acceptors (Lipinski definition) is 4. The van der Waals surface area contributed by atoms with Crippen molar-refractivity contribution in [3.05, 3.63) is 29.8 Å². The Kier molecular flexibility index (Phi) is 6.27. The molecule has 3 N–H and O–H groups in total. The Balaban J connectivity index is 2.27. The van der Waals surface area contributed by atoms with Gasteiger partial charge >= 0.3 is 0 Å². The van der Waals surface area contributed by atoms with Crippen LogP contribution < -0.4 is 15.2 Å². The van der Waals surface area contributed by atoms with Crippen LogP contribution in [0.2, 0.25) is 0 Å². The first-order valence-corrected chi connectivity index (χ1v) is 7.99. The largest absolute Gasteiger partial charge is 0.497 e. The maximum absolute atomic E-state index is 10.8. The summed E-state index contributed by atoms with van der Waals surface area (Å²) in [6, 6.07) is 8.21. The molecule has 5 nitrogen and oxygen atoms in total. The number of nitrogens with two attached hydrogens (primary N) is 1. The van der Waals surface area contributed by atoms with E-state index >= 15 is 0 Å². The number of rotatable bonds is 8. The molecule has 0 spiro atoms. The summed E-state index contributed by atoms with van der Waals surface area (Å²) in [4.78, 5) is 0. The quantitative estimate of drug-likeness (QED) is 0.744. The lowest BCUT2D eigenvalue weighted by Crippen LogP contribution is -2.33. The van der Waals surface area contributed by atoms with Crippen molar-refractivity contribution in [3.8, 4) is 5.75 Å². The molecular weight excluding hydrogens is 264 g/mol. The maximum Gasteiger partial charge on any atom is 0.210 e. The number of benzene rings is 1. The molecule has 0 aliphatic carbocycles. The van der Waals surface area contributed by atoms with Crippen molar-refractivity contribution < 1.29 is 13.2 Å². The molecule has 0 aliphatic rings. The fourth-order valence-corrected chi connectivity index (χ4v) is 2.13. The molecule has 0 bridgehead atoms. The van der Waals surface area contributed by atoms with Crippen LogP contribution >= 0.6 is 0 Å². The van der Waals surface area contributed by atoms with Gasteiger partial charge in [-0.15, -0.1) is 0 Å². The third-order valence-electron chi connectivity index (χ3n) is 2.90. The minimum Gasteiger partial charge on any atom is -0.497 e. The third kappa shape index (κ3) is 7.15. The molecule has 0 saturated carbocycles. The van der Waals surface area contributed by atoms with Gasteiger partial charge < -0.3 is 10.1 Å². The summed E-state index contributed by atoms with van der Waals surface area (Å²) in [7, 11) is -1.73. The molecule has 108 valence electrons. The van der Waals surface area contributed by atoms with Crippen molar-refractivity contribution in [3.63, 3.8) is 0 Å². The fraction of sp³-hybridized carbons (Fsp3) is 0.538. The van der Waals surface area contributed by atoms with Gasteiger partial charge in [0.15, 0.2) is 0 Å². The molecule has 1 atom stereocenters. The van der Waals surface area contributed by atoms with E-state index in [1.165, 1.54) is 5.56 Å². The standard InChI is InChI=1S/C13H22N2O3S/c1-11(15-9-10-19(14,16)17)3-4-12-5-7-13(18-2)8-6-12/h5-8,11,15H,3-4,9-10H2,1-2H3,(H2,14,16,17). The molecule has 1 aromatic carbocycles. The van der Waals surface area contributed by atoms with Crippen LogP contribution in [-0.2, 0) is 16.4 Å². The van der Waals surface area contributed by atoms with Crippen LogP contribution in [0.1, 0.15) is 18.9 Å². The van der Waals surface area contributed by atoms with Crippen LogP contribution in [0.4, 0.5) is 0 Å². The van der Waals surface area contributed by atoms with Crippen LogP contribution in [0.25, 0.3) is 0 Å². The van der Waals surface area contributed by atoms with Crippen molar-refractivity contribution in [1.29, 1.82) is 0 Å². The van der Waals surface area contributed by atoms with Crippen LogP contribution in [-0.4, -0.2) is 33.9 Å². The topological polar surface area (TPSA) is 81.4 Å². The summed E-state index contributed by atoms with van der Waals surface area (Å²) in [5.41, 5.74) is 1.24. The molecular formula is C13H22N2O3S. The van der Waals surface area contributed by atoms with Gasteiger partial charge in [-0.3, -0.25) is 0 Å². The van der Waals surface area contributed by atoms with Gasteiger partial charge in [0.05, 0.1) is 12.9 Å². The monoisotopic (exact) mass is 286 g/mol. The van der Waals surface area contributed by atoms with Crippen LogP contribution in [0.3, 0.4) is 0 Å². The third-order valence-corrected chi connectivity index (χ3v) is 3.68. The number of primary sulfonamides is 1. The number of hydrogen-bond donors (Lipinski definition) is 2. The van der Waals surface area contributed by atoms with Crippen LogP contribution in [0.5, 0.6) is 5.75 Å². The molecule has 0 saturated heterocycles. The van der Waals surface area contributed by atoms with Gasteiger partial charge in [0.2, 0.25) is 10.0 Å². The lowest BCUT2D eigenvalue weighted by Gasteiger charge is -2.13. The summed E-state index contributed by atoms with van der Waals surface area (Å²) in [5, 5.41) is 8.08. The summed E-state index contributed by atoms with van der Waals surface area (Å²) in [6.07, 6.45) is 1.88. The van der Waals surface area contributed by atoms with Gasteiger partial charge in [0, 0.05) is 12.6 Å². The molecule has 0 amide bonds. The van der Waals surface area contributed by atoms with Crippen LogP contribution in [0.15, 0.2) is 24.3 Å². The number of sulfonamides is 1. The molecule has 19 heavy (non-hydrogen) atoms. The molecule has 0 aliphatic heterocycles. The van der Waals surface area contributed by atoms with Crippen LogP contribution in [0, 0.1) is 0 Å². The summed E-state index contributed by atoms with van der Waals surface area (Å²) in [5.74, 6) is 0.822. The zero-order valence-electron chi connectivity index (χ0n) is 11.4. The highest BCUT2D eigenvalue weighted by molar-refractivity contribution is 7.89. The predicted molar refractivity (Wildman–Crippen MR) is 76.8 cm³/mol. The zero-order chi connectivity index (χ0) is 14.3. The zero-order valence-corrected chi connectivity index (χ0v) is 12.2. The molecule has 1 unspecified atom stereocenters. The van der Waals surface area contributed by atoms with Crippen molar-refractivity contribution in [2.24, 2.45) is 5.14 Å². The minimum atomic E-state index is -3.37. The van der Waals surface area contributed by atoms with E-state index in [0.717, 1.165) is 18.6 Å². The Bertz CT molecular complexity index is 471. The van der Waals surface area contributed by atoms with E-state index in [0.29, 0.717) is 6.54 Å². The van der Waals surface area contributed by atoms with Gasteiger partial charge in [0.1, 0.15) is 5.75 Å². The van der Waals surface area contributed by atoms with E-state index in [2.05, 4.69) is 5.32 Å². The van der Waals surface area contributed by atoms with E-state index in [4.69, 9.17) is 9.88 Å². The summed E-state index contributed by atoms with van der Waals surface area (Å²) >= 11 is 0. The lowest BCUT2D eigenvalue weighted by atomic mass is 10.1. The van der Waals surface area contributed by atoms with Gasteiger partial charge in [0.25, 0.3) is 0 Å². The first kappa shape index (κ1) is 15.9. The highest BCUT2D eigenvalue weighted by atomic mass is 32.2. The molecule has 0 radical (unpaired) electrons. The van der Waals surface area contributed by atoms with Gasteiger partial charge in [-0.1, -0.05) is 12.1 Å². The maximum atomic E-state index is 10.8. The van der Waals surface area contributed by atoms with E-state index < -0.39 is 10.0 Å². The highest BCUT2D eigenvalue weighted by Crippen LogP contribution is 2.13. The van der Waals surface area contributed by atoms with E-state index in [1.54, 1.807) is 7.11 Å². The number of aryl methyl sites for hydroxylation is 1. The molecule has 0 fully saturated rings. The number of nitrogens with one attached hydrogen (secondary N) is 1. The smallest absolute Gasteiger partial charge is 0.210 e. The Hall–Kier alpha value is -1.11. The van der Waals surface area contributed by atoms with E-state index in [1.807, 2.05) is 31.2 Å². The lowest BCUT2D eigenvalue weighted by molar-refractivity contribution is 0.414. The average molecular weight is 286 g/mol. The average Bonchev–Trinajstić information content (AvgIpc) is 2.35. The predicted octanol–water partition coefficient (Wildman–Crippen LogP) is 0.894. The van der Waals surface area contributed by atoms with Crippen molar-refractivity contribution in [2.45, 2.75) is 25.8 Å². The van der Waals surface area contributed by atoms with Crippen molar-refractivity contribution >= 4 is 10.0 Å². The Morgan fingerprint density at radius 1 is 1.32 bits per heavy atom. The number of methoxy groups -OCH3 is 1. The minimum absolute atomic E-state index is 0.0279. The molecule has 6 heteroatoms. The first-order valence-electron chi connectivity index (χ1n) is 6.27. The second-order valence-electron chi connectivity index (χ2n) is 4.61. The second kappa shape index (κ2) is 7.47. The van der Waals surface area contributed by atoms with Crippen molar-refractivity contribution in [2.75, 3.05) is 19.4 Å². The van der Waals surface area contributed by atoms with Crippen molar-refractivity contribution in [1.82, 2.24) is 5.32 Å². The van der Waals surface area contributed by atoms with E-state index in [-0.39, 0.29) is 11.8 Å². The molecule has 1 aromatic rings. The normalized spacial score (nSPS) is 13.2. The Morgan fingerprint density at radius 3 is 2.47 bits per heavy atom. The fourth-order valence-electron chi connectivity index (χ4n) is 1.73. The Labute approximate surface area is 115 Å². The molecule has 0 heterocycles.